The maximum atomic E-state index is 12.4. The van der Waals surface area contributed by atoms with E-state index >= 15 is 0 Å². The Bertz CT molecular complexity index is 600. The number of hydrogen-bond acceptors (Lipinski definition) is 3. The van der Waals surface area contributed by atoms with Crippen molar-refractivity contribution in [2.24, 2.45) is 5.92 Å². The standard InChI is InChI=1S/C15H16Cl3N3O/c16-11-7-13(18)14(8-12(11)17)20-15(22)10-3-1-5-21(9-10)6-2-4-19/h7-8,10H,1-3,5-6,9H2,(H,20,22). The molecule has 1 aliphatic rings. The van der Waals surface area contributed by atoms with E-state index in [9.17, 15) is 4.79 Å². The minimum absolute atomic E-state index is 0.0815. The van der Waals surface area contributed by atoms with E-state index in [0.717, 1.165) is 19.4 Å². The second-order valence-corrected chi connectivity index (χ2v) is 6.50. The summed E-state index contributed by atoms with van der Waals surface area (Å²) in [6.45, 7) is 2.29. The Balaban J connectivity index is 2.00. The van der Waals surface area contributed by atoms with Gasteiger partial charge in [0.2, 0.25) is 5.91 Å². The van der Waals surface area contributed by atoms with Gasteiger partial charge in [0.15, 0.2) is 0 Å². The largest absolute Gasteiger partial charge is 0.324 e. The van der Waals surface area contributed by atoms with Gasteiger partial charge in [-0.15, -0.1) is 0 Å². The van der Waals surface area contributed by atoms with E-state index in [2.05, 4.69) is 16.3 Å². The van der Waals surface area contributed by atoms with Gasteiger partial charge in [0.25, 0.3) is 0 Å². The lowest BCUT2D eigenvalue weighted by Crippen LogP contribution is -2.41. The predicted octanol–water partition coefficient (Wildman–Crippen LogP) is 4.21. The molecule has 118 valence electrons. The zero-order valence-electron chi connectivity index (χ0n) is 11.9. The first kappa shape index (κ1) is 17.4. The van der Waals surface area contributed by atoms with Gasteiger partial charge in [0.05, 0.1) is 32.7 Å². The highest BCUT2D eigenvalue weighted by Crippen LogP contribution is 2.32. The summed E-state index contributed by atoms with van der Waals surface area (Å²) in [5.41, 5.74) is 0.468. The number of hydrogen-bond donors (Lipinski definition) is 1. The van der Waals surface area contributed by atoms with Gasteiger partial charge in [-0.2, -0.15) is 5.26 Å². The molecule has 0 bridgehead atoms. The van der Waals surface area contributed by atoms with Gasteiger partial charge < -0.3 is 10.2 Å². The van der Waals surface area contributed by atoms with Crippen LogP contribution in [0.5, 0.6) is 0 Å². The van der Waals surface area contributed by atoms with Crippen molar-refractivity contribution in [1.82, 2.24) is 4.90 Å². The van der Waals surface area contributed by atoms with Crippen molar-refractivity contribution in [2.45, 2.75) is 19.3 Å². The fourth-order valence-corrected chi connectivity index (χ4v) is 3.13. The molecule has 1 aliphatic heterocycles. The molecule has 1 N–H and O–H groups in total. The second kappa shape index (κ2) is 8.03. The lowest BCUT2D eigenvalue weighted by Gasteiger charge is -2.31. The first-order valence-electron chi connectivity index (χ1n) is 7.06. The van der Waals surface area contributed by atoms with Crippen LogP contribution in [0.3, 0.4) is 0 Å². The molecule has 1 fully saturated rings. The number of nitriles is 1. The molecule has 2 rings (SSSR count). The Labute approximate surface area is 144 Å². The highest BCUT2D eigenvalue weighted by atomic mass is 35.5. The number of nitrogens with zero attached hydrogens (tertiary/aromatic N) is 2. The molecule has 0 saturated carbocycles. The average molecular weight is 361 g/mol. The van der Waals surface area contributed by atoms with Gasteiger partial charge in [0, 0.05) is 19.5 Å². The molecule has 0 aromatic heterocycles. The third-order valence-corrected chi connectivity index (χ3v) is 4.72. The molecule has 1 aromatic rings. The van der Waals surface area contributed by atoms with Gasteiger partial charge in [-0.3, -0.25) is 4.79 Å². The molecule has 1 amide bonds. The number of likely N-dealkylation sites (tertiary alicyclic amines) is 1. The molecule has 1 aromatic carbocycles. The second-order valence-electron chi connectivity index (χ2n) is 5.28. The van der Waals surface area contributed by atoms with Crippen molar-refractivity contribution in [3.63, 3.8) is 0 Å². The zero-order valence-corrected chi connectivity index (χ0v) is 14.2. The number of halogens is 3. The third-order valence-electron chi connectivity index (χ3n) is 3.68. The highest BCUT2D eigenvalue weighted by Gasteiger charge is 2.26. The van der Waals surface area contributed by atoms with Crippen LogP contribution in [-0.2, 0) is 4.79 Å². The SMILES string of the molecule is N#CCCN1CCCC(C(=O)Nc2cc(Cl)c(Cl)cc2Cl)C1. The van der Waals surface area contributed by atoms with Crippen molar-refractivity contribution in [1.29, 1.82) is 5.26 Å². The van der Waals surface area contributed by atoms with Crippen LogP contribution >= 0.6 is 34.8 Å². The van der Waals surface area contributed by atoms with Crippen molar-refractivity contribution in [3.8, 4) is 6.07 Å². The summed E-state index contributed by atoms with van der Waals surface area (Å²) in [6, 6.07) is 5.20. The number of amides is 1. The summed E-state index contributed by atoms with van der Waals surface area (Å²) < 4.78 is 0. The summed E-state index contributed by atoms with van der Waals surface area (Å²) in [5.74, 6) is -0.195. The molecule has 0 aliphatic carbocycles. The smallest absolute Gasteiger partial charge is 0.228 e. The maximum absolute atomic E-state index is 12.4. The summed E-state index contributed by atoms with van der Waals surface area (Å²) in [6.07, 6.45) is 2.25. The van der Waals surface area contributed by atoms with E-state index in [1.165, 1.54) is 6.07 Å². The lowest BCUT2D eigenvalue weighted by atomic mass is 9.97. The average Bonchev–Trinajstić information content (AvgIpc) is 2.50. The first-order valence-corrected chi connectivity index (χ1v) is 8.19. The summed E-state index contributed by atoms with van der Waals surface area (Å²) >= 11 is 17.9. The maximum Gasteiger partial charge on any atom is 0.228 e. The molecule has 1 heterocycles. The Morgan fingerprint density at radius 2 is 2.05 bits per heavy atom. The van der Waals surface area contributed by atoms with E-state index in [1.807, 2.05) is 0 Å². The number of benzene rings is 1. The summed E-state index contributed by atoms with van der Waals surface area (Å²) in [7, 11) is 0. The van der Waals surface area contributed by atoms with Crippen LogP contribution in [0.25, 0.3) is 0 Å². The van der Waals surface area contributed by atoms with E-state index in [1.54, 1.807) is 6.07 Å². The lowest BCUT2D eigenvalue weighted by molar-refractivity contribution is -0.121. The molecule has 1 saturated heterocycles. The Morgan fingerprint density at radius 1 is 1.32 bits per heavy atom. The Hall–Kier alpha value is -0.990. The van der Waals surface area contributed by atoms with Crippen molar-refractivity contribution < 1.29 is 4.79 Å². The van der Waals surface area contributed by atoms with Crippen LogP contribution in [0.15, 0.2) is 12.1 Å². The van der Waals surface area contributed by atoms with Crippen LogP contribution < -0.4 is 5.32 Å². The van der Waals surface area contributed by atoms with Crippen molar-refractivity contribution >= 4 is 46.4 Å². The van der Waals surface area contributed by atoms with Gasteiger partial charge in [-0.05, 0) is 31.5 Å². The number of carbonyl (C=O) groups is 1. The summed E-state index contributed by atoms with van der Waals surface area (Å²) in [5, 5.41) is 12.5. The fourth-order valence-electron chi connectivity index (χ4n) is 2.53. The minimum atomic E-state index is -0.113. The van der Waals surface area contributed by atoms with E-state index in [-0.39, 0.29) is 11.8 Å². The van der Waals surface area contributed by atoms with Crippen molar-refractivity contribution in [3.05, 3.63) is 27.2 Å². The normalized spacial score (nSPS) is 18.7. The van der Waals surface area contributed by atoms with Crippen molar-refractivity contribution in [2.75, 3.05) is 25.0 Å². The number of rotatable bonds is 4. The Morgan fingerprint density at radius 3 is 2.77 bits per heavy atom. The molecule has 0 radical (unpaired) electrons. The molecule has 4 nitrogen and oxygen atoms in total. The monoisotopic (exact) mass is 359 g/mol. The molecule has 22 heavy (non-hydrogen) atoms. The minimum Gasteiger partial charge on any atom is -0.324 e. The molecule has 1 atom stereocenters. The quantitative estimate of drug-likeness (QED) is 0.818. The van der Waals surface area contributed by atoms with E-state index < -0.39 is 0 Å². The van der Waals surface area contributed by atoms with E-state index in [4.69, 9.17) is 40.1 Å². The number of nitrogens with one attached hydrogen (secondary N) is 1. The van der Waals surface area contributed by atoms with Crippen LogP contribution in [0.2, 0.25) is 15.1 Å². The van der Waals surface area contributed by atoms with Gasteiger partial charge in [-0.1, -0.05) is 34.8 Å². The predicted molar refractivity (Wildman–Crippen MR) is 89.5 cm³/mol. The molecule has 1 unspecified atom stereocenters. The molecule has 7 heteroatoms. The number of anilines is 1. The van der Waals surface area contributed by atoms with Gasteiger partial charge in [-0.25, -0.2) is 0 Å². The number of piperidine rings is 1. The topological polar surface area (TPSA) is 56.1 Å². The van der Waals surface area contributed by atoms with Gasteiger partial charge in [0.1, 0.15) is 0 Å². The zero-order chi connectivity index (χ0) is 16.1. The van der Waals surface area contributed by atoms with E-state index in [0.29, 0.717) is 40.3 Å². The van der Waals surface area contributed by atoms with Gasteiger partial charge >= 0.3 is 0 Å². The first-order chi connectivity index (χ1) is 10.5. The Kier molecular flexibility index (Phi) is 6.34. The fraction of sp³-hybridized carbons (Fsp3) is 0.467. The summed E-state index contributed by atoms with van der Waals surface area (Å²) in [4.78, 5) is 14.5. The molecular weight excluding hydrogens is 345 g/mol. The highest BCUT2D eigenvalue weighted by molar-refractivity contribution is 6.44. The van der Waals surface area contributed by atoms with Crippen LogP contribution in [-0.4, -0.2) is 30.4 Å². The molecule has 0 spiro atoms. The third kappa shape index (κ3) is 4.50. The van der Waals surface area contributed by atoms with Crippen LogP contribution in [0.1, 0.15) is 19.3 Å². The van der Waals surface area contributed by atoms with Crippen LogP contribution in [0, 0.1) is 17.2 Å². The number of carbonyl (C=O) groups excluding carboxylic acids is 1. The molecular formula is C15H16Cl3N3O. The van der Waals surface area contributed by atoms with Crippen LogP contribution in [0.4, 0.5) is 5.69 Å².